The number of amidine groups is 1. The standard InChI is InChI=1S/C14H22N2OS/c1-8(2)14(3)12(17)16-13(18-14)15-11-7-9-4-5-10(11)6-9/h8-11H,4-7H2,1-3H3,(H,15,16,17)/t9-,10+,11?,14+/m0/s1. The molecule has 1 unspecified atom stereocenters. The molecule has 0 aromatic rings. The Bertz CT molecular complexity index is 407. The van der Waals surface area contributed by atoms with Gasteiger partial charge < -0.3 is 5.32 Å². The molecular weight excluding hydrogens is 244 g/mol. The molecule has 4 heteroatoms. The molecule has 3 nitrogen and oxygen atoms in total. The van der Waals surface area contributed by atoms with E-state index in [0.717, 1.165) is 17.0 Å². The van der Waals surface area contributed by atoms with E-state index in [9.17, 15) is 4.79 Å². The lowest BCUT2D eigenvalue weighted by Crippen LogP contribution is -2.38. The van der Waals surface area contributed by atoms with Crippen molar-refractivity contribution in [1.29, 1.82) is 0 Å². The average molecular weight is 266 g/mol. The van der Waals surface area contributed by atoms with Gasteiger partial charge in [-0.3, -0.25) is 9.79 Å². The Morgan fingerprint density at radius 3 is 2.67 bits per heavy atom. The highest BCUT2D eigenvalue weighted by Crippen LogP contribution is 2.47. The summed E-state index contributed by atoms with van der Waals surface area (Å²) < 4.78 is -0.337. The van der Waals surface area contributed by atoms with Crippen molar-refractivity contribution in [3.8, 4) is 0 Å². The molecule has 3 fully saturated rings. The molecule has 2 bridgehead atoms. The van der Waals surface area contributed by atoms with Crippen molar-refractivity contribution in [3.63, 3.8) is 0 Å². The Kier molecular flexibility index (Phi) is 2.96. The van der Waals surface area contributed by atoms with Gasteiger partial charge in [0.15, 0.2) is 5.17 Å². The summed E-state index contributed by atoms with van der Waals surface area (Å²) in [6.45, 7) is 6.24. The first-order chi connectivity index (χ1) is 8.49. The fraction of sp³-hybridized carbons (Fsp3) is 0.857. The fourth-order valence-corrected chi connectivity index (χ4v) is 4.57. The molecule has 0 aromatic heterocycles. The van der Waals surface area contributed by atoms with Crippen LogP contribution >= 0.6 is 11.8 Å². The van der Waals surface area contributed by atoms with Gasteiger partial charge in [0.25, 0.3) is 0 Å². The van der Waals surface area contributed by atoms with Gasteiger partial charge in [-0.1, -0.05) is 32.0 Å². The van der Waals surface area contributed by atoms with Crippen LogP contribution in [-0.2, 0) is 4.79 Å². The fourth-order valence-electron chi connectivity index (χ4n) is 3.45. The van der Waals surface area contributed by atoms with Gasteiger partial charge in [0.05, 0.1) is 6.04 Å². The number of rotatable bonds is 2. The van der Waals surface area contributed by atoms with Crippen LogP contribution in [0, 0.1) is 17.8 Å². The highest BCUT2D eigenvalue weighted by Gasteiger charge is 2.46. The largest absolute Gasteiger partial charge is 0.304 e. The minimum Gasteiger partial charge on any atom is -0.304 e. The zero-order valence-corrected chi connectivity index (χ0v) is 12.2. The van der Waals surface area contributed by atoms with Crippen LogP contribution in [-0.4, -0.2) is 21.9 Å². The molecule has 3 rings (SSSR count). The van der Waals surface area contributed by atoms with E-state index in [1.54, 1.807) is 11.8 Å². The summed E-state index contributed by atoms with van der Waals surface area (Å²) in [6, 6.07) is 0.473. The molecule has 1 aliphatic heterocycles. The number of nitrogens with zero attached hydrogens (tertiary/aromatic N) is 1. The summed E-state index contributed by atoms with van der Waals surface area (Å²) in [7, 11) is 0. The van der Waals surface area contributed by atoms with E-state index in [2.05, 4.69) is 19.2 Å². The highest BCUT2D eigenvalue weighted by molar-refractivity contribution is 8.16. The van der Waals surface area contributed by atoms with Crippen LogP contribution in [0.2, 0.25) is 0 Å². The van der Waals surface area contributed by atoms with Crippen molar-refractivity contribution in [2.45, 2.75) is 57.2 Å². The molecule has 1 amide bonds. The van der Waals surface area contributed by atoms with E-state index in [4.69, 9.17) is 4.99 Å². The van der Waals surface area contributed by atoms with Gasteiger partial charge in [-0.05, 0) is 43.9 Å². The molecule has 4 atom stereocenters. The molecule has 1 N–H and O–H groups in total. The van der Waals surface area contributed by atoms with Crippen LogP contribution in [0.5, 0.6) is 0 Å². The van der Waals surface area contributed by atoms with Crippen LogP contribution in [0.4, 0.5) is 0 Å². The SMILES string of the molecule is CC(C)[C@@]1(C)SC(=NC2C[C@H]3CC[C@@H]2C3)NC1=O. The minimum atomic E-state index is -0.337. The normalized spacial score (nSPS) is 45.2. The predicted molar refractivity (Wildman–Crippen MR) is 75.6 cm³/mol. The number of hydrogen-bond acceptors (Lipinski definition) is 3. The minimum absolute atomic E-state index is 0.129. The molecule has 18 heavy (non-hydrogen) atoms. The van der Waals surface area contributed by atoms with Gasteiger partial charge in [0.2, 0.25) is 5.91 Å². The van der Waals surface area contributed by atoms with E-state index in [1.807, 2.05) is 6.92 Å². The zero-order chi connectivity index (χ0) is 12.9. The lowest BCUT2D eigenvalue weighted by Gasteiger charge is -2.23. The van der Waals surface area contributed by atoms with Gasteiger partial charge in [-0.25, -0.2) is 0 Å². The molecule has 0 aromatic carbocycles. The van der Waals surface area contributed by atoms with E-state index < -0.39 is 0 Å². The van der Waals surface area contributed by atoms with Gasteiger partial charge >= 0.3 is 0 Å². The Hall–Kier alpha value is -0.510. The Morgan fingerprint density at radius 2 is 2.17 bits per heavy atom. The van der Waals surface area contributed by atoms with Crippen LogP contribution in [0.1, 0.15) is 46.5 Å². The number of amides is 1. The number of carbonyl (C=O) groups is 1. The summed E-state index contributed by atoms with van der Waals surface area (Å²) in [5, 5.41) is 3.86. The van der Waals surface area contributed by atoms with Crippen molar-refractivity contribution in [3.05, 3.63) is 0 Å². The number of hydrogen-bond donors (Lipinski definition) is 1. The number of aliphatic imine (C=N–C) groups is 1. The van der Waals surface area contributed by atoms with Crippen molar-refractivity contribution in [2.75, 3.05) is 0 Å². The number of thioether (sulfide) groups is 1. The van der Waals surface area contributed by atoms with Gasteiger partial charge in [0, 0.05) is 0 Å². The first-order valence-corrected chi connectivity index (χ1v) is 7.89. The third-order valence-corrected chi connectivity index (χ3v) is 6.55. The predicted octanol–water partition coefficient (Wildman–Crippen LogP) is 2.81. The van der Waals surface area contributed by atoms with Gasteiger partial charge in [0.1, 0.15) is 4.75 Å². The van der Waals surface area contributed by atoms with E-state index >= 15 is 0 Å². The Morgan fingerprint density at radius 1 is 1.39 bits per heavy atom. The maximum Gasteiger partial charge on any atom is 0.242 e. The first-order valence-electron chi connectivity index (χ1n) is 7.07. The highest BCUT2D eigenvalue weighted by atomic mass is 32.2. The topological polar surface area (TPSA) is 41.5 Å². The number of carbonyl (C=O) groups excluding carboxylic acids is 1. The Labute approximate surface area is 113 Å². The van der Waals surface area contributed by atoms with Crippen LogP contribution in [0.3, 0.4) is 0 Å². The van der Waals surface area contributed by atoms with Crippen molar-refractivity contribution >= 4 is 22.8 Å². The van der Waals surface area contributed by atoms with Crippen LogP contribution in [0.25, 0.3) is 0 Å². The molecule has 1 saturated heterocycles. The van der Waals surface area contributed by atoms with Gasteiger partial charge in [-0.15, -0.1) is 0 Å². The average Bonchev–Trinajstić information content (AvgIpc) is 2.95. The summed E-state index contributed by atoms with van der Waals surface area (Å²) >= 11 is 1.63. The number of nitrogens with one attached hydrogen (secondary N) is 1. The second kappa shape index (κ2) is 4.26. The maximum atomic E-state index is 12.1. The van der Waals surface area contributed by atoms with Crippen molar-refractivity contribution < 1.29 is 4.79 Å². The van der Waals surface area contributed by atoms with Crippen LogP contribution in [0.15, 0.2) is 4.99 Å². The van der Waals surface area contributed by atoms with E-state index in [1.165, 1.54) is 25.7 Å². The molecule has 1 heterocycles. The first kappa shape index (κ1) is 12.5. The second-order valence-corrected chi connectivity index (χ2v) is 7.93. The molecule has 0 radical (unpaired) electrons. The van der Waals surface area contributed by atoms with Crippen molar-refractivity contribution in [1.82, 2.24) is 5.32 Å². The lowest BCUT2D eigenvalue weighted by molar-refractivity contribution is -0.122. The van der Waals surface area contributed by atoms with E-state index in [-0.39, 0.29) is 10.7 Å². The molecule has 2 aliphatic carbocycles. The molecule has 2 saturated carbocycles. The quantitative estimate of drug-likeness (QED) is 0.835. The summed E-state index contributed by atoms with van der Waals surface area (Å²) in [6.07, 6.45) is 5.34. The van der Waals surface area contributed by atoms with Gasteiger partial charge in [-0.2, -0.15) is 0 Å². The third kappa shape index (κ3) is 1.89. The smallest absolute Gasteiger partial charge is 0.242 e. The lowest BCUT2D eigenvalue weighted by atomic mass is 9.96. The number of fused-ring (bicyclic) bond motifs is 2. The second-order valence-electron chi connectivity index (χ2n) is 6.49. The summed E-state index contributed by atoms with van der Waals surface area (Å²) in [4.78, 5) is 16.9. The van der Waals surface area contributed by atoms with Crippen LogP contribution < -0.4 is 5.32 Å². The molecule has 0 spiro atoms. The summed E-state index contributed by atoms with van der Waals surface area (Å²) in [5.41, 5.74) is 0. The van der Waals surface area contributed by atoms with Crippen molar-refractivity contribution in [2.24, 2.45) is 22.7 Å². The molecule has 3 aliphatic rings. The molecular formula is C14H22N2OS. The molecule has 100 valence electrons. The maximum absolute atomic E-state index is 12.1. The zero-order valence-electron chi connectivity index (χ0n) is 11.4. The van der Waals surface area contributed by atoms with E-state index in [0.29, 0.717) is 12.0 Å². The Balaban J connectivity index is 1.74. The monoisotopic (exact) mass is 266 g/mol. The third-order valence-electron chi connectivity index (χ3n) is 5.07. The summed E-state index contributed by atoms with van der Waals surface area (Å²) in [5.74, 6) is 2.15.